The van der Waals surface area contributed by atoms with Crippen LogP contribution in [0.2, 0.25) is 0 Å². The van der Waals surface area contributed by atoms with Gasteiger partial charge in [-0.1, -0.05) is 0 Å². The lowest BCUT2D eigenvalue weighted by Gasteiger charge is -2.35. The average Bonchev–Trinajstić information content (AvgIpc) is 2.88. The first-order chi connectivity index (χ1) is 9.63. The predicted molar refractivity (Wildman–Crippen MR) is 74.3 cm³/mol. The quantitative estimate of drug-likeness (QED) is 0.682. The van der Waals surface area contributed by atoms with Crippen molar-refractivity contribution in [1.29, 1.82) is 0 Å². The third-order valence-electron chi connectivity index (χ3n) is 4.33. The van der Waals surface area contributed by atoms with Crippen LogP contribution in [0, 0.1) is 15.9 Å². The maximum atomic E-state index is 13.3. The van der Waals surface area contributed by atoms with Gasteiger partial charge in [-0.25, -0.2) is 0 Å². The zero-order valence-electron chi connectivity index (χ0n) is 11.2. The number of rotatable bonds is 3. The molecule has 0 bridgehead atoms. The van der Waals surface area contributed by atoms with E-state index in [2.05, 4.69) is 10.2 Å². The summed E-state index contributed by atoms with van der Waals surface area (Å²) in [4.78, 5) is 12.6. The number of benzene rings is 1. The van der Waals surface area contributed by atoms with Gasteiger partial charge in [-0.2, -0.15) is 4.39 Å². The summed E-state index contributed by atoms with van der Waals surface area (Å²) in [5.41, 5.74) is 0.169. The van der Waals surface area contributed by atoms with Crippen LogP contribution < -0.4 is 5.32 Å². The summed E-state index contributed by atoms with van der Waals surface area (Å²) in [6.45, 7) is 2.27. The fourth-order valence-corrected chi connectivity index (χ4v) is 3.33. The van der Waals surface area contributed by atoms with Crippen molar-refractivity contribution < 1.29 is 9.31 Å². The highest BCUT2D eigenvalue weighted by atomic mass is 19.1. The van der Waals surface area contributed by atoms with E-state index in [0.717, 1.165) is 25.5 Å². The summed E-state index contributed by atoms with van der Waals surface area (Å²) >= 11 is 0. The molecule has 108 valence electrons. The number of nitrogens with one attached hydrogen (secondary N) is 1. The van der Waals surface area contributed by atoms with Gasteiger partial charge in [0.1, 0.15) is 0 Å². The summed E-state index contributed by atoms with van der Waals surface area (Å²) in [6, 6.07) is 4.97. The van der Waals surface area contributed by atoms with Crippen LogP contribution in [0.3, 0.4) is 0 Å². The second-order valence-corrected chi connectivity index (χ2v) is 5.62. The Kier molecular flexibility index (Phi) is 3.56. The summed E-state index contributed by atoms with van der Waals surface area (Å²) in [6.07, 6.45) is 4.59. The number of hydrogen-bond acceptors (Lipinski definition) is 4. The first-order valence-electron chi connectivity index (χ1n) is 7.08. The summed E-state index contributed by atoms with van der Waals surface area (Å²) < 4.78 is 13.3. The van der Waals surface area contributed by atoms with E-state index in [4.69, 9.17) is 0 Å². The van der Waals surface area contributed by atoms with Crippen molar-refractivity contribution in [2.24, 2.45) is 0 Å². The van der Waals surface area contributed by atoms with Crippen LogP contribution in [-0.4, -0.2) is 35.0 Å². The largest absolute Gasteiger partial charge is 0.382 e. The molecule has 5 nitrogen and oxygen atoms in total. The van der Waals surface area contributed by atoms with Crippen molar-refractivity contribution in [2.75, 3.05) is 18.4 Å². The molecule has 2 fully saturated rings. The van der Waals surface area contributed by atoms with Gasteiger partial charge in [0, 0.05) is 30.4 Å². The van der Waals surface area contributed by atoms with E-state index >= 15 is 0 Å². The number of piperidine rings is 1. The Morgan fingerprint density at radius 1 is 1.35 bits per heavy atom. The first-order valence-corrected chi connectivity index (χ1v) is 7.08. The maximum absolute atomic E-state index is 13.3. The number of halogens is 1. The topological polar surface area (TPSA) is 58.4 Å². The highest BCUT2D eigenvalue weighted by Gasteiger charge is 2.31. The molecule has 1 N–H and O–H groups in total. The lowest BCUT2D eigenvalue weighted by atomic mass is 9.97. The minimum absolute atomic E-state index is 0.319. The highest BCUT2D eigenvalue weighted by Crippen LogP contribution is 2.29. The monoisotopic (exact) mass is 279 g/mol. The van der Waals surface area contributed by atoms with Crippen LogP contribution in [0.15, 0.2) is 18.2 Å². The van der Waals surface area contributed by atoms with Gasteiger partial charge in [-0.15, -0.1) is 0 Å². The van der Waals surface area contributed by atoms with E-state index in [-0.39, 0.29) is 0 Å². The van der Waals surface area contributed by atoms with E-state index < -0.39 is 16.4 Å². The molecule has 0 amide bonds. The number of nitro groups is 1. The zero-order valence-corrected chi connectivity index (χ0v) is 11.2. The van der Waals surface area contributed by atoms with Crippen LogP contribution >= 0.6 is 0 Å². The van der Waals surface area contributed by atoms with E-state index in [1.54, 1.807) is 6.07 Å². The van der Waals surface area contributed by atoms with Gasteiger partial charge >= 0.3 is 5.69 Å². The van der Waals surface area contributed by atoms with Crippen LogP contribution in [0.5, 0.6) is 0 Å². The SMILES string of the molecule is O=[N+]([O-])c1cc(NC2CCN3CCCC3C2)ccc1F. The molecule has 3 rings (SSSR count). The molecular formula is C14H18FN3O2. The lowest BCUT2D eigenvalue weighted by molar-refractivity contribution is -0.387. The Morgan fingerprint density at radius 3 is 3.00 bits per heavy atom. The lowest BCUT2D eigenvalue weighted by Crippen LogP contribution is -2.42. The first kappa shape index (κ1) is 13.3. The van der Waals surface area contributed by atoms with Gasteiger partial charge in [0.15, 0.2) is 0 Å². The molecule has 1 aromatic carbocycles. The molecule has 6 heteroatoms. The molecular weight excluding hydrogens is 261 g/mol. The second kappa shape index (κ2) is 5.36. The van der Waals surface area contributed by atoms with Gasteiger partial charge in [0.05, 0.1) is 4.92 Å². The Hall–Kier alpha value is -1.69. The van der Waals surface area contributed by atoms with E-state index in [0.29, 0.717) is 17.8 Å². The third-order valence-corrected chi connectivity index (χ3v) is 4.33. The van der Waals surface area contributed by atoms with Gasteiger partial charge in [-0.3, -0.25) is 10.1 Å². The Labute approximate surface area is 116 Å². The molecule has 2 unspecified atom stereocenters. The molecule has 2 heterocycles. The third kappa shape index (κ3) is 2.60. The van der Waals surface area contributed by atoms with E-state index in [1.165, 1.54) is 25.5 Å². The van der Waals surface area contributed by atoms with E-state index in [1.807, 2.05) is 0 Å². The Morgan fingerprint density at radius 2 is 2.20 bits per heavy atom. The molecule has 20 heavy (non-hydrogen) atoms. The normalized spacial score (nSPS) is 26.2. The van der Waals surface area contributed by atoms with Crippen molar-refractivity contribution >= 4 is 11.4 Å². The molecule has 0 aliphatic carbocycles. The molecule has 1 aromatic rings. The standard InChI is InChI=1S/C14H18FN3O2/c15-13-4-3-10(9-14(13)18(19)20)16-11-5-7-17-6-1-2-12(17)8-11/h3-4,9,11-12,16H,1-2,5-8H2. The Balaban J connectivity index is 1.68. The number of anilines is 1. The average molecular weight is 279 g/mol. The van der Waals surface area contributed by atoms with Gasteiger partial charge in [-0.05, 0) is 44.4 Å². The van der Waals surface area contributed by atoms with E-state index in [9.17, 15) is 14.5 Å². The van der Waals surface area contributed by atoms with Gasteiger partial charge in [0.25, 0.3) is 0 Å². The van der Waals surface area contributed by atoms with Crippen molar-refractivity contribution in [3.8, 4) is 0 Å². The highest BCUT2D eigenvalue weighted by molar-refractivity contribution is 5.52. The van der Waals surface area contributed by atoms with Crippen LogP contribution in [0.1, 0.15) is 25.7 Å². The summed E-state index contributed by atoms with van der Waals surface area (Å²) in [7, 11) is 0. The van der Waals surface area contributed by atoms with Crippen molar-refractivity contribution in [2.45, 2.75) is 37.8 Å². The molecule has 2 aliphatic heterocycles. The Bertz CT molecular complexity index is 523. The van der Waals surface area contributed by atoms with Gasteiger partial charge < -0.3 is 10.2 Å². The predicted octanol–water partition coefficient (Wildman–Crippen LogP) is 2.77. The molecule has 2 atom stereocenters. The van der Waals surface area contributed by atoms with Crippen molar-refractivity contribution in [3.63, 3.8) is 0 Å². The summed E-state index contributed by atoms with van der Waals surface area (Å²) in [5, 5.41) is 14.1. The minimum Gasteiger partial charge on any atom is -0.382 e. The number of fused-ring (bicyclic) bond motifs is 1. The molecule has 2 saturated heterocycles. The molecule has 0 spiro atoms. The number of hydrogen-bond donors (Lipinski definition) is 1. The van der Waals surface area contributed by atoms with Crippen molar-refractivity contribution in [3.05, 3.63) is 34.1 Å². The van der Waals surface area contributed by atoms with Gasteiger partial charge in [0.2, 0.25) is 5.82 Å². The molecule has 2 aliphatic rings. The molecule has 0 saturated carbocycles. The zero-order chi connectivity index (χ0) is 14.1. The number of nitro benzene ring substituents is 1. The fourth-order valence-electron chi connectivity index (χ4n) is 3.33. The summed E-state index contributed by atoms with van der Waals surface area (Å²) in [5.74, 6) is -0.786. The maximum Gasteiger partial charge on any atom is 0.306 e. The molecule has 0 aromatic heterocycles. The number of nitrogens with zero attached hydrogens (tertiary/aromatic N) is 2. The van der Waals surface area contributed by atoms with Crippen LogP contribution in [0.4, 0.5) is 15.8 Å². The molecule has 0 radical (unpaired) electrons. The smallest absolute Gasteiger partial charge is 0.306 e. The fraction of sp³-hybridized carbons (Fsp3) is 0.571. The van der Waals surface area contributed by atoms with Crippen LogP contribution in [0.25, 0.3) is 0 Å². The van der Waals surface area contributed by atoms with Crippen LogP contribution in [-0.2, 0) is 0 Å². The van der Waals surface area contributed by atoms with Crippen molar-refractivity contribution in [1.82, 2.24) is 4.90 Å². The minimum atomic E-state index is -0.786. The second-order valence-electron chi connectivity index (χ2n) is 5.62.